The average Bonchev–Trinajstić information content (AvgIpc) is 1.85. The highest BCUT2D eigenvalue weighted by Gasteiger charge is 2.17. The van der Waals surface area contributed by atoms with Crippen LogP contribution in [-0.4, -0.2) is 39.5 Å². The molecule has 1 atom stereocenters. The predicted octanol–water partition coefficient (Wildman–Crippen LogP) is 0.167. The molecule has 0 amide bonds. The van der Waals surface area contributed by atoms with E-state index in [0.717, 1.165) is 7.05 Å². The summed E-state index contributed by atoms with van der Waals surface area (Å²) in [7, 11) is -1.96. The van der Waals surface area contributed by atoms with Gasteiger partial charge in [-0.2, -0.15) is 12.7 Å². The van der Waals surface area contributed by atoms with Crippen LogP contribution >= 0.6 is 0 Å². The molecule has 0 rings (SSSR count). The molecule has 0 aromatic heterocycles. The van der Waals surface area contributed by atoms with Crippen molar-refractivity contribution >= 4 is 10.4 Å². The molecule has 4 nitrogen and oxygen atoms in total. The Balaban J connectivity index is 3.98. The topological polar surface area (TPSA) is 46.6 Å². The lowest BCUT2D eigenvalue weighted by Crippen LogP contribution is -2.31. The van der Waals surface area contributed by atoms with Crippen LogP contribution in [0.3, 0.4) is 0 Å². The highest BCUT2D eigenvalue weighted by Crippen LogP contribution is 2.01. The first kappa shape index (κ1) is 10.8. The van der Waals surface area contributed by atoms with E-state index in [9.17, 15) is 12.3 Å². The van der Waals surface area contributed by atoms with Crippen LogP contribution in [0.1, 0.15) is 6.92 Å². The quantitative estimate of drug-likeness (QED) is 0.586. The number of nitrogens with zero attached hydrogens (tertiary/aromatic N) is 1. The summed E-state index contributed by atoms with van der Waals surface area (Å²) in [4.78, 5) is 0. The van der Waals surface area contributed by atoms with E-state index in [4.69, 9.17) is 4.74 Å². The summed E-state index contributed by atoms with van der Waals surface area (Å²) in [5.74, 6) is 0. The molecular weight excluding hydrogens is 173 g/mol. The van der Waals surface area contributed by atoms with E-state index in [2.05, 4.69) is 0 Å². The molecule has 0 fully saturated rings. The highest BCUT2D eigenvalue weighted by molar-refractivity contribution is 7.83. The molecule has 0 bridgehead atoms. The van der Waals surface area contributed by atoms with Crippen molar-refractivity contribution < 1.29 is 17.0 Å². The second-order valence-corrected chi connectivity index (χ2v) is 3.72. The normalized spacial score (nSPS) is 15.4. The SMILES string of the molecule is COC(C)CN(C)S(=O)(=O)F. The van der Waals surface area contributed by atoms with Gasteiger partial charge in [0.1, 0.15) is 0 Å². The van der Waals surface area contributed by atoms with Gasteiger partial charge in [-0.15, -0.1) is 0 Å². The van der Waals surface area contributed by atoms with Gasteiger partial charge in [-0.3, -0.25) is 0 Å². The zero-order valence-electron chi connectivity index (χ0n) is 6.74. The summed E-state index contributed by atoms with van der Waals surface area (Å²) < 4.78 is 37.8. The molecule has 0 heterocycles. The molecule has 11 heavy (non-hydrogen) atoms. The fourth-order valence-corrected chi connectivity index (χ4v) is 0.914. The third kappa shape index (κ3) is 4.28. The van der Waals surface area contributed by atoms with E-state index in [1.54, 1.807) is 6.92 Å². The Hall–Kier alpha value is -0.200. The Morgan fingerprint density at radius 3 is 2.36 bits per heavy atom. The second-order valence-electron chi connectivity index (χ2n) is 2.27. The number of methoxy groups -OCH3 is 1. The van der Waals surface area contributed by atoms with Gasteiger partial charge in [-0.05, 0) is 6.92 Å². The lowest BCUT2D eigenvalue weighted by Gasteiger charge is -2.15. The van der Waals surface area contributed by atoms with Crippen LogP contribution in [0.5, 0.6) is 0 Å². The Morgan fingerprint density at radius 2 is 2.09 bits per heavy atom. The Bertz CT molecular complexity index is 204. The number of rotatable bonds is 4. The molecule has 0 aliphatic rings. The summed E-state index contributed by atoms with van der Waals surface area (Å²) >= 11 is 0. The van der Waals surface area contributed by atoms with Crippen LogP contribution in [0.2, 0.25) is 0 Å². The molecule has 0 aliphatic carbocycles. The van der Waals surface area contributed by atoms with Gasteiger partial charge < -0.3 is 4.74 Å². The number of halogens is 1. The first-order valence-electron chi connectivity index (χ1n) is 3.06. The summed E-state index contributed by atoms with van der Waals surface area (Å²) in [6.07, 6.45) is -0.300. The van der Waals surface area contributed by atoms with Gasteiger partial charge in [0.2, 0.25) is 0 Å². The predicted molar refractivity (Wildman–Crippen MR) is 39.1 cm³/mol. The zero-order chi connectivity index (χ0) is 9.07. The molecule has 0 N–H and O–H groups in total. The number of hydrogen-bond donors (Lipinski definition) is 0. The van der Waals surface area contributed by atoms with Gasteiger partial charge in [0.05, 0.1) is 6.10 Å². The van der Waals surface area contributed by atoms with Crippen LogP contribution in [0.25, 0.3) is 0 Å². The Labute approximate surface area is 66.3 Å². The van der Waals surface area contributed by atoms with Crippen molar-refractivity contribution in [1.82, 2.24) is 4.31 Å². The number of hydrogen-bond acceptors (Lipinski definition) is 3. The molecule has 0 aromatic rings. The van der Waals surface area contributed by atoms with Crippen LogP contribution < -0.4 is 0 Å². The average molecular weight is 185 g/mol. The van der Waals surface area contributed by atoms with E-state index in [1.807, 2.05) is 0 Å². The van der Waals surface area contributed by atoms with Crippen molar-refractivity contribution in [1.29, 1.82) is 0 Å². The van der Waals surface area contributed by atoms with E-state index < -0.39 is 10.4 Å². The molecule has 0 saturated heterocycles. The molecule has 0 aliphatic heterocycles. The van der Waals surface area contributed by atoms with Gasteiger partial charge >= 0.3 is 10.4 Å². The first-order valence-corrected chi connectivity index (χ1v) is 4.40. The van der Waals surface area contributed by atoms with Crippen LogP contribution in [0.15, 0.2) is 0 Å². The summed E-state index contributed by atoms with van der Waals surface area (Å²) in [5.41, 5.74) is 0. The Morgan fingerprint density at radius 1 is 1.64 bits per heavy atom. The van der Waals surface area contributed by atoms with Gasteiger partial charge in [0, 0.05) is 20.7 Å². The molecule has 0 aromatic carbocycles. The molecule has 0 spiro atoms. The molecular formula is C5H12FNO3S. The highest BCUT2D eigenvalue weighted by atomic mass is 32.3. The van der Waals surface area contributed by atoms with Crippen molar-refractivity contribution in [3.05, 3.63) is 0 Å². The minimum Gasteiger partial charge on any atom is -0.380 e. The largest absolute Gasteiger partial charge is 0.380 e. The fourth-order valence-electron chi connectivity index (χ4n) is 0.526. The number of likely N-dealkylation sites (N-methyl/N-ethyl adjacent to an activating group) is 1. The number of ether oxygens (including phenoxy) is 1. The van der Waals surface area contributed by atoms with Crippen molar-refractivity contribution in [2.45, 2.75) is 13.0 Å². The van der Waals surface area contributed by atoms with Gasteiger partial charge in [-0.25, -0.2) is 0 Å². The third-order valence-electron chi connectivity index (χ3n) is 1.29. The van der Waals surface area contributed by atoms with E-state index in [0.29, 0.717) is 4.31 Å². The second kappa shape index (κ2) is 3.99. The molecule has 0 radical (unpaired) electrons. The Kier molecular flexibility index (Phi) is 3.91. The molecule has 68 valence electrons. The molecule has 6 heteroatoms. The summed E-state index contributed by atoms with van der Waals surface area (Å²) in [6, 6.07) is 0. The lowest BCUT2D eigenvalue weighted by molar-refractivity contribution is 0.103. The van der Waals surface area contributed by atoms with Crippen LogP contribution in [-0.2, 0) is 15.1 Å². The maximum Gasteiger partial charge on any atom is 0.374 e. The minimum absolute atomic E-state index is 0.0231. The van der Waals surface area contributed by atoms with Crippen molar-refractivity contribution in [2.24, 2.45) is 0 Å². The van der Waals surface area contributed by atoms with Crippen molar-refractivity contribution in [2.75, 3.05) is 20.7 Å². The van der Waals surface area contributed by atoms with Crippen molar-refractivity contribution in [3.8, 4) is 0 Å². The van der Waals surface area contributed by atoms with E-state index >= 15 is 0 Å². The van der Waals surface area contributed by atoms with Crippen molar-refractivity contribution in [3.63, 3.8) is 0 Å². The summed E-state index contributed by atoms with van der Waals surface area (Å²) in [6.45, 7) is 1.68. The third-order valence-corrected chi connectivity index (χ3v) is 2.18. The maximum absolute atomic E-state index is 12.1. The van der Waals surface area contributed by atoms with Gasteiger partial charge in [0.25, 0.3) is 0 Å². The van der Waals surface area contributed by atoms with E-state index in [-0.39, 0.29) is 12.6 Å². The van der Waals surface area contributed by atoms with Crippen LogP contribution in [0, 0.1) is 0 Å². The standard InChI is InChI=1S/C5H12FNO3S/c1-5(10-3)4-7(2)11(6,8)9/h5H,4H2,1-3H3. The fraction of sp³-hybridized carbons (Fsp3) is 1.00. The van der Waals surface area contributed by atoms with E-state index in [1.165, 1.54) is 7.11 Å². The zero-order valence-corrected chi connectivity index (χ0v) is 7.56. The minimum atomic E-state index is -4.55. The van der Waals surface area contributed by atoms with Gasteiger partial charge in [-0.1, -0.05) is 3.89 Å². The smallest absolute Gasteiger partial charge is 0.374 e. The molecule has 1 unspecified atom stereocenters. The lowest BCUT2D eigenvalue weighted by atomic mass is 10.4. The van der Waals surface area contributed by atoms with Crippen LogP contribution in [0.4, 0.5) is 3.89 Å². The monoisotopic (exact) mass is 185 g/mol. The first-order chi connectivity index (χ1) is 4.88. The summed E-state index contributed by atoms with van der Waals surface area (Å²) in [5, 5.41) is 0. The maximum atomic E-state index is 12.1. The van der Waals surface area contributed by atoms with Gasteiger partial charge in [0.15, 0.2) is 0 Å². The molecule has 0 saturated carbocycles.